The fraction of sp³-hybridized carbons (Fsp3) is 0.917. The number of aliphatic hydroxyl groups excluding tert-OH is 1. The minimum absolute atomic E-state index is 0.0332. The molecule has 106 valence electrons. The number of carbonyl (C=O) groups is 1. The summed E-state index contributed by atoms with van der Waals surface area (Å²) in [6.45, 7) is 4.17. The summed E-state index contributed by atoms with van der Waals surface area (Å²) in [4.78, 5) is 13.2. The molecule has 1 atom stereocenters. The van der Waals surface area contributed by atoms with Gasteiger partial charge in [0.25, 0.3) is 0 Å². The number of carbonyl (C=O) groups excluding carboxylic acids is 1. The van der Waals surface area contributed by atoms with Crippen LogP contribution in [-0.2, 0) is 9.47 Å². The van der Waals surface area contributed by atoms with Gasteiger partial charge in [-0.15, -0.1) is 0 Å². The van der Waals surface area contributed by atoms with Crippen molar-refractivity contribution >= 4 is 6.09 Å². The molecule has 0 aromatic carbocycles. The van der Waals surface area contributed by atoms with E-state index in [4.69, 9.17) is 9.47 Å². The fourth-order valence-corrected chi connectivity index (χ4v) is 2.13. The Morgan fingerprint density at radius 1 is 1.50 bits per heavy atom. The molecule has 1 saturated heterocycles. The molecular weight excluding hydrogens is 236 g/mol. The maximum atomic E-state index is 11.5. The number of amides is 1. The molecule has 1 amide bonds. The number of aliphatic hydroxyl groups is 1. The topological polar surface area (TPSA) is 71.0 Å². The molecule has 0 bridgehead atoms. The van der Waals surface area contributed by atoms with Crippen LogP contribution in [0.5, 0.6) is 0 Å². The van der Waals surface area contributed by atoms with Gasteiger partial charge in [-0.25, -0.2) is 4.79 Å². The summed E-state index contributed by atoms with van der Waals surface area (Å²) in [6.07, 6.45) is 1.52. The molecule has 1 aliphatic heterocycles. The Morgan fingerprint density at radius 3 is 2.67 bits per heavy atom. The molecule has 6 heteroatoms. The zero-order valence-corrected chi connectivity index (χ0v) is 11.2. The van der Waals surface area contributed by atoms with Crippen molar-refractivity contribution in [3.05, 3.63) is 0 Å². The first-order valence-electron chi connectivity index (χ1n) is 6.48. The average molecular weight is 260 g/mol. The molecule has 0 aliphatic carbocycles. The predicted octanol–water partition coefficient (Wildman–Crippen LogP) is 0.204. The van der Waals surface area contributed by atoms with Crippen molar-refractivity contribution in [2.45, 2.75) is 31.8 Å². The Morgan fingerprint density at radius 2 is 2.17 bits per heavy atom. The third-order valence-electron chi connectivity index (χ3n) is 3.08. The number of hydrogen-bond acceptors (Lipinski definition) is 5. The second-order valence-electron chi connectivity index (χ2n) is 4.46. The Bertz CT molecular complexity index is 242. The summed E-state index contributed by atoms with van der Waals surface area (Å²) in [5.41, 5.74) is 0. The SMILES string of the molecule is CCOC(=O)N1CCC(NC(CO)COC)CC1. The lowest BCUT2D eigenvalue weighted by molar-refractivity contribution is 0.0859. The number of ether oxygens (including phenoxy) is 2. The van der Waals surface area contributed by atoms with Crippen molar-refractivity contribution in [2.24, 2.45) is 0 Å². The summed E-state index contributed by atoms with van der Waals surface area (Å²) < 4.78 is 9.98. The lowest BCUT2D eigenvalue weighted by atomic mass is 10.0. The van der Waals surface area contributed by atoms with Crippen LogP contribution >= 0.6 is 0 Å². The predicted molar refractivity (Wildman–Crippen MR) is 67.5 cm³/mol. The van der Waals surface area contributed by atoms with Gasteiger partial charge in [-0.2, -0.15) is 0 Å². The number of methoxy groups -OCH3 is 1. The highest BCUT2D eigenvalue weighted by atomic mass is 16.6. The number of rotatable bonds is 6. The molecule has 1 aliphatic rings. The normalized spacial score (nSPS) is 18.7. The van der Waals surface area contributed by atoms with Crippen LogP contribution in [0.3, 0.4) is 0 Å². The zero-order chi connectivity index (χ0) is 13.4. The van der Waals surface area contributed by atoms with Gasteiger partial charge in [-0.05, 0) is 19.8 Å². The summed E-state index contributed by atoms with van der Waals surface area (Å²) in [7, 11) is 1.62. The maximum absolute atomic E-state index is 11.5. The van der Waals surface area contributed by atoms with Crippen molar-refractivity contribution in [1.82, 2.24) is 10.2 Å². The number of hydrogen-bond donors (Lipinski definition) is 2. The lowest BCUT2D eigenvalue weighted by Crippen LogP contribution is -2.50. The van der Waals surface area contributed by atoms with E-state index in [9.17, 15) is 9.90 Å². The Hall–Kier alpha value is -0.850. The van der Waals surface area contributed by atoms with Gasteiger partial charge >= 0.3 is 6.09 Å². The van der Waals surface area contributed by atoms with Gasteiger partial charge in [-0.1, -0.05) is 0 Å². The van der Waals surface area contributed by atoms with E-state index in [-0.39, 0.29) is 18.7 Å². The van der Waals surface area contributed by atoms with Crippen molar-refractivity contribution in [3.63, 3.8) is 0 Å². The summed E-state index contributed by atoms with van der Waals surface area (Å²) >= 11 is 0. The average Bonchev–Trinajstić information content (AvgIpc) is 2.39. The van der Waals surface area contributed by atoms with E-state index >= 15 is 0 Å². The van der Waals surface area contributed by atoms with Crippen LogP contribution in [0, 0.1) is 0 Å². The Balaban J connectivity index is 2.28. The van der Waals surface area contributed by atoms with E-state index in [2.05, 4.69) is 5.32 Å². The molecule has 0 spiro atoms. The van der Waals surface area contributed by atoms with Gasteiger partial charge in [0, 0.05) is 26.2 Å². The van der Waals surface area contributed by atoms with Crippen molar-refractivity contribution in [1.29, 1.82) is 0 Å². The van der Waals surface area contributed by atoms with E-state index < -0.39 is 0 Å². The Kier molecular flexibility index (Phi) is 7.00. The molecule has 0 radical (unpaired) electrons. The van der Waals surface area contributed by atoms with Gasteiger partial charge in [-0.3, -0.25) is 0 Å². The monoisotopic (exact) mass is 260 g/mol. The lowest BCUT2D eigenvalue weighted by Gasteiger charge is -2.33. The van der Waals surface area contributed by atoms with Gasteiger partial charge in [0.05, 0.1) is 25.9 Å². The van der Waals surface area contributed by atoms with Crippen molar-refractivity contribution in [2.75, 3.05) is 40.0 Å². The number of piperidine rings is 1. The van der Waals surface area contributed by atoms with Crippen LogP contribution in [0.4, 0.5) is 4.79 Å². The van der Waals surface area contributed by atoms with Crippen LogP contribution in [0.25, 0.3) is 0 Å². The van der Waals surface area contributed by atoms with E-state index in [1.54, 1.807) is 12.0 Å². The summed E-state index contributed by atoms with van der Waals surface area (Å²) in [5.74, 6) is 0. The summed E-state index contributed by atoms with van der Waals surface area (Å²) in [5, 5.41) is 12.5. The third-order valence-corrected chi connectivity index (χ3v) is 3.08. The zero-order valence-electron chi connectivity index (χ0n) is 11.2. The van der Waals surface area contributed by atoms with Crippen molar-refractivity contribution < 1.29 is 19.4 Å². The molecule has 2 N–H and O–H groups in total. The van der Waals surface area contributed by atoms with Gasteiger partial charge in [0.2, 0.25) is 0 Å². The number of nitrogens with zero attached hydrogens (tertiary/aromatic N) is 1. The van der Waals surface area contributed by atoms with Crippen LogP contribution < -0.4 is 5.32 Å². The smallest absolute Gasteiger partial charge is 0.409 e. The quantitative estimate of drug-likeness (QED) is 0.714. The largest absolute Gasteiger partial charge is 0.450 e. The molecule has 1 unspecified atom stereocenters. The van der Waals surface area contributed by atoms with E-state index in [0.29, 0.717) is 32.3 Å². The molecule has 6 nitrogen and oxygen atoms in total. The van der Waals surface area contributed by atoms with Crippen LogP contribution in [0.2, 0.25) is 0 Å². The summed E-state index contributed by atoms with van der Waals surface area (Å²) in [6, 6.07) is 0.289. The second-order valence-corrected chi connectivity index (χ2v) is 4.46. The maximum Gasteiger partial charge on any atom is 0.409 e. The van der Waals surface area contributed by atoms with Crippen LogP contribution in [-0.4, -0.2) is 68.2 Å². The van der Waals surface area contributed by atoms with Crippen LogP contribution in [0.15, 0.2) is 0 Å². The standard InChI is InChI=1S/C12H24N2O4/c1-3-18-12(16)14-6-4-10(5-7-14)13-11(8-15)9-17-2/h10-11,13,15H,3-9H2,1-2H3. The first kappa shape index (κ1) is 15.2. The highest BCUT2D eigenvalue weighted by Gasteiger charge is 2.24. The highest BCUT2D eigenvalue weighted by Crippen LogP contribution is 2.12. The van der Waals surface area contributed by atoms with Gasteiger partial charge < -0.3 is 24.8 Å². The van der Waals surface area contributed by atoms with E-state index in [0.717, 1.165) is 12.8 Å². The molecule has 1 heterocycles. The fourth-order valence-electron chi connectivity index (χ4n) is 2.13. The molecule has 0 saturated carbocycles. The van der Waals surface area contributed by atoms with Gasteiger partial charge in [0.1, 0.15) is 0 Å². The number of likely N-dealkylation sites (tertiary alicyclic amines) is 1. The van der Waals surface area contributed by atoms with Gasteiger partial charge in [0.15, 0.2) is 0 Å². The minimum Gasteiger partial charge on any atom is -0.450 e. The molecule has 0 aromatic rings. The first-order valence-corrected chi connectivity index (χ1v) is 6.48. The molecule has 0 aromatic heterocycles. The Labute approximate surface area is 108 Å². The van der Waals surface area contributed by atoms with E-state index in [1.807, 2.05) is 6.92 Å². The molecule has 1 fully saturated rings. The molecular formula is C12H24N2O4. The minimum atomic E-state index is -0.230. The third kappa shape index (κ3) is 4.80. The van der Waals surface area contributed by atoms with Crippen LogP contribution in [0.1, 0.15) is 19.8 Å². The number of nitrogens with one attached hydrogen (secondary N) is 1. The van der Waals surface area contributed by atoms with E-state index in [1.165, 1.54) is 0 Å². The van der Waals surface area contributed by atoms with Crippen molar-refractivity contribution in [3.8, 4) is 0 Å². The second kappa shape index (κ2) is 8.29. The first-order chi connectivity index (χ1) is 8.71. The molecule has 18 heavy (non-hydrogen) atoms. The molecule has 1 rings (SSSR count). The highest BCUT2D eigenvalue weighted by molar-refractivity contribution is 5.67.